The molecule has 0 amide bonds. The molecule has 2 aromatic rings. The highest BCUT2D eigenvalue weighted by atomic mass is 32.2. The smallest absolute Gasteiger partial charge is 0.242 e. The lowest BCUT2D eigenvalue weighted by Gasteiger charge is -2.34. The second-order valence-corrected chi connectivity index (χ2v) is 8.25. The third-order valence-electron chi connectivity index (χ3n) is 4.73. The Balaban J connectivity index is 1.46. The third-order valence-corrected chi connectivity index (χ3v) is 6.19. The van der Waals surface area contributed by atoms with Gasteiger partial charge >= 0.3 is 0 Å². The van der Waals surface area contributed by atoms with Gasteiger partial charge in [0.1, 0.15) is 22.6 Å². The van der Waals surface area contributed by atoms with E-state index in [0.717, 1.165) is 43.1 Å². The van der Waals surface area contributed by atoms with Gasteiger partial charge in [0.25, 0.3) is 0 Å². The van der Waals surface area contributed by atoms with Gasteiger partial charge < -0.3 is 9.64 Å². The van der Waals surface area contributed by atoms with E-state index in [-0.39, 0.29) is 12.6 Å². The lowest BCUT2D eigenvalue weighted by molar-refractivity contribution is 0.170. The Morgan fingerprint density at radius 1 is 1.20 bits per heavy atom. The van der Waals surface area contributed by atoms with Crippen molar-refractivity contribution in [2.45, 2.75) is 37.3 Å². The number of pyridine rings is 1. The molecule has 0 saturated carbocycles. The van der Waals surface area contributed by atoms with Gasteiger partial charge in [-0.2, -0.15) is 0 Å². The number of hydrogen-bond acceptors (Lipinski definition) is 5. The highest BCUT2D eigenvalue weighted by molar-refractivity contribution is 7.89. The second kappa shape index (κ2) is 6.31. The summed E-state index contributed by atoms with van der Waals surface area (Å²) >= 11 is 0. The van der Waals surface area contributed by atoms with Crippen molar-refractivity contribution < 1.29 is 13.2 Å². The van der Waals surface area contributed by atoms with Crippen LogP contribution in [0.5, 0.6) is 5.75 Å². The van der Waals surface area contributed by atoms with Crippen molar-refractivity contribution in [3.8, 4) is 5.75 Å². The first kappa shape index (κ1) is 16.4. The number of piperidine rings is 1. The third kappa shape index (κ3) is 3.21. The molecular formula is C18H21N3O3S. The number of para-hydroxylation sites is 1. The maximum absolute atomic E-state index is 11.9. The lowest BCUT2D eigenvalue weighted by atomic mass is 10.1. The zero-order valence-corrected chi connectivity index (χ0v) is 14.9. The molecule has 2 aliphatic heterocycles. The molecule has 0 bridgehead atoms. The first-order valence-electron chi connectivity index (χ1n) is 8.50. The number of fused-ring (bicyclic) bond motifs is 1. The highest BCUT2D eigenvalue weighted by Crippen LogP contribution is 2.29. The predicted octanol–water partition coefficient (Wildman–Crippen LogP) is 2.23. The van der Waals surface area contributed by atoms with Crippen molar-refractivity contribution in [3.05, 3.63) is 47.7 Å². The Labute approximate surface area is 147 Å². The number of ether oxygens (including phenoxy) is 1. The van der Waals surface area contributed by atoms with Crippen LogP contribution in [0.4, 0.5) is 5.82 Å². The molecule has 0 spiro atoms. The predicted molar refractivity (Wildman–Crippen MR) is 95.3 cm³/mol. The number of anilines is 1. The Kier molecular flexibility index (Phi) is 4.13. The molecule has 1 aromatic heterocycles. The summed E-state index contributed by atoms with van der Waals surface area (Å²) in [4.78, 5) is 7.17. The number of rotatable bonds is 3. The number of benzene rings is 1. The summed E-state index contributed by atoms with van der Waals surface area (Å²) in [5, 5.41) is 0. The average Bonchev–Trinajstić information content (AvgIpc) is 2.90. The summed E-state index contributed by atoms with van der Waals surface area (Å²) in [6.07, 6.45) is 2.04. The first-order valence-corrected chi connectivity index (χ1v) is 9.98. The van der Waals surface area contributed by atoms with E-state index in [1.807, 2.05) is 37.3 Å². The van der Waals surface area contributed by atoms with Crippen LogP contribution >= 0.6 is 0 Å². The van der Waals surface area contributed by atoms with Crippen LogP contribution < -0.4 is 14.4 Å². The molecule has 0 atom stereocenters. The Morgan fingerprint density at radius 2 is 1.92 bits per heavy atom. The quantitative estimate of drug-likeness (QED) is 0.910. The molecule has 4 rings (SSSR count). The zero-order valence-electron chi connectivity index (χ0n) is 14.1. The summed E-state index contributed by atoms with van der Waals surface area (Å²) in [6, 6.07) is 11.6. The van der Waals surface area contributed by atoms with Gasteiger partial charge in [-0.1, -0.05) is 18.2 Å². The van der Waals surface area contributed by atoms with E-state index in [1.54, 1.807) is 6.07 Å². The first-order chi connectivity index (χ1) is 12.0. The molecule has 1 fully saturated rings. The normalized spacial score (nSPS) is 19.6. The maximum Gasteiger partial charge on any atom is 0.242 e. The summed E-state index contributed by atoms with van der Waals surface area (Å²) in [7, 11) is -3.37. The number of aromatic nitrogens is 1. The van der Waals surface area contributed by atoms with E-state index in [9.17, 15) is 8.42 Å². The van der Waals surface area contributed by atoms with E-state index in [4.69, 9.17) is 4.74 Å². The van der Waals surface area contributed by atoms with Crippen LogP contribution in [0.2, 0.25) is 0 Å². The fourth-order valence-electron chi connectivity index (χ4n) is 3.41. The summed E-state index contributed by atoms with van der Waals surface area (Å²) in [5.41, 5.74) is 1.51. The topological polar surface area (TPSA) is 71.5 Å². The molecular weight excluding hydrogens is 338 g/mol. The number of hydrogen-bond donors (Lipinski definition) is 1. The van der Waals surface area contributed by atoms with Gasteiger partial charge in [0.15, 0.2) is 0 Å². The SMILES string of the molecule is Cc1cc2c(nc1N1CCC(Oc3ccccc3)CC1)CNS2(=O)=O. The molecule has 1 aromatic carbocycles. The second-order valence-electron chi connectivity index (χ2n) is 6.52. The van der Waals surface area contributed by atoms with Crippen molar-refractivity contribution in [1.29, 1.82) is 0 Å². The van der Waals surface area contributed by atoms with Crippen LogP contribution in [0.3, 0.4) is 0 Å². The molecule has 25 heavy (non-hydrogen) atoms. The van der Waals surface area contributed by atoms with Gasteiger partial charge in [0.05, 0.1) is 12.2 Å². The molecule has 0 radical (unpaired) electrons. The molecule has 1 saturated heterocycles. The molecule has 0 unspecified atom stereocenters. The standard InChI is InChI=1S/C18H21N3O3S/c1-13-11-17-16(12-19-25(17,22)23)20-18(13)21-9-7-15(8-10-21)24-14-5-3-2-4-6-14/h2-6,11,15,19H,7-10,12H2,1H3. The zero-order chi connectivity index (χ0) is 17.4. The Bertz CT molecular complexity index is 876. The number of nitrogens with zero attached hydrogens (tertiary/aromatic N) is 2. The van der Waals surface area contributed by atoms with Gasteiger partial charge in [-0.05, 0) is 30.7 Å². The molecule has 3 heterocycles. The van der Waals surface area contributed by atoms with Gasteiger partial charge in [-0.25, -0.2) is 18.1 Å². The molecule has 7 heteroatoms. The lowest BCUT2D eigenvalue weighted by Crippen LogP contribution is -2.39. The fraction of sp³-hybridized carbons (Fsp3) is 0.389. The van der Waals surface area contributed by atoms with Crippen LogP contribution in [0.15, 0.2) is 41.3 Å². The van der Waals surface area contributed by atoms with E-state index >= 15 is 0 Å². The number of aryl methyl sites for hydroxylation is 1. The fourth-order valence-corrected chi connectivity index (χ4v) is 4.66. The minimum atomic E-state index is -3.37. The van der Waals surface area contributed by atoms with Crippen molar-refractivity contribution in [2.75, 3.05) is 18.0 Å². The molecule has 2 aliphatic rings. The Hall–Kier alpha value is -2.12. The Morgan fingerprint density at radius 3 is 2.64 bits per heavy atom. The van der Waals surface area contributed by atoms with Crippen molar-refractivity contribution in [3.63, 3.8) is 0 Å². The summed E-state index contributed by atoms with van der Waals surface area (Å²) < 4.78 is 32.4. The van der Waals surface area contributed by atoms with Crippen molar-refractivity contribution in [1.82, 2.24) is 9.71 Å². The van der Waals surface area contributed by atoms with Crippen molar-refractivity contribution >= 4 is 15.8 Å². The minimum absolute atomic E-state index is 0.204. The van der Waals surface area contributed by atoms with Crippen LogP contribution in [-0.2, 0) is 16.6 Å². The monoisotopic (exact) mass is 359 g/mol. The van der Waals surface area contributed by atoms with E-state index in [2.05, 4.69) is 14.6 Å². The molecule has 1 N–H and O–H groups in total. The summed E-state index contributed by atoms with van der Waals surface area (Å²) in [5.74, 6) is 1.79. The van der Waals surface area contributed by atoms with Crippen molar-refractivity contribution in [2.24, 2.45) is 0 Å². The molecule has 0 aliphatic carbocycles. The average molecular weight is 359 g/mol. The van der Waals surface area contributed by atoms with Gasteiger partial charge in [0, 0.05) is 25.9 Å². The highest BCUT2D eigenvalue weighted by Gasteiger charge is 2.30. The maximum atomic E-state index is 11.9. The van der Waals surface area contributed by atoms with Crippen LogP contribution in [0, 0.1) is 6.92 Å². The van der Waals surface area contributed by atoms with Crippen LogP contribution in [0.1, 0.15) is 24.1 Å². The van der Waals surface area contributed by atoms with Crippen LogP contribution in [0.25, 0.3) is 0 Å². The number of nitrogens with one attached hydrogen (secondary N) is 1. The van der Waals surface area contributed by atoms with Gasteiger partial charge in [0.2, 0.25) is 10.0 Å². The largest absolute Gasteiger partial charge is 0.490 e. The van der Waals surface area contributed by atoms with Gasteiger partial charge in [-0.3, -0.25) is 0 Å². The summed E-state index contributed by atoms with van der Waals surface area (Å²) in [6.45, 7) is 3.90. The van der Waals surface area contributed by atoms with Crippen LogP contribution in [-0.4, -0.2) is 32.6 Å². The van der Waals surface area contributed by atoms with E-state index < -0.39 is 10.0 Å². The van der Waals surface area contributed by atoms with Gasteiger partial charge in [-0.15, -0.1) is 0 Å². The molecule has 6 nitrogen and oxygen atoms in total. The minimum Gasteiger partial charge on any atom is -0.490 e. The van der Waals surface area contributed by atoms with E-state index in [1.165, 1.54) is 0 Å². The number of sulfonamides is 1. The van der Waals surface area contributed by atoms with E-state index in [0.29, 0.717) is 10.6 Å². The molecule has 132 valence electrons.